The van der Waals surface area contributed by atoms with Gasteiger partial charge in [0.05, 0.1) is 6.54 Å². The van der Waals surface area contributed by atoms with Crippen LogP contribution in [-0.4, -0.2) is 35.0 Å². The molecule has 2 N–H and O–H groups in total. The predicted molar refractivity (Wildman–Crippen MR) is 125 cm³/mol. The summed E-state index contributed by atoms with van der Waals surface area (Å²) in [5.41, 5.74) is 9.39. The zero-order valence-corrected chi connectivity index (χ0v) is 19.0. The average molecular weight is 448 g/mol. The van der Waals surface area contributed by atoms with E-state index in [2.05, 4.69) is 53.0 Å². The average Bonchev–Trinajstić information content (AvgIpc) is 3.31. The number of aryl methyl sites for hydroxylation is 2. The third-order valence-corrected chi connectivity index (χ3v) is 5.75. The van der Waals surface area contributed by atoms with E-state index >= 15 is 0 Å². The molecule has 0 radical (unpaired) electrons. The Morgan fingerprint density at radius 2 is 1.82 bits per heavy atom. The van der Waals surface area contributed by atoms with Gasteiger partial charge in [0.1, 0.15) is 0 Å². The molecule has 1 aliphatic rings. The lowest BCUT2D eigenvalue weighted by Crippen LogP contribution is -2.47. The minimum atomic E-state index is -0.316. The van der Waals surface area contributed by atoms with Crippen molar-refractivity contribution in [1.29, 1.82) is 0 Å². The first-order valence-electron chi connectivity index (χ1n) is 11.3. The number of fused-ring (bicyclic) bond motifs is 1. The van der Waals surface area contributed by atoms with Gasteiger partial charge >= 0.3 is 0 Å². The van der Waals surface area contributed by atoms with Gasteiger partial charge in [-0.25, -0.2) is 0 Å². The van der Waals surface area contributed by atoms with Crippen molar-refractivity contribution in [2.75, 3.05) is 18.0 Å². The van der Waals surface area contributed by atoms with Gasteiger partial charge < -0.3 is 9.42 Å². The molecule has 8 heteroatoms. The van der Waals surface area contributed by atoms with Crippen LogP contribution >= 0.6 is 0 Å². The highest BCUT2D eigenvalue weighted by Crippen LogP contribution is 2.26. The smallest absolute Gasteiger partial charge is 0.257 e. The number of benzene rings is 2. The number of nitrogens with zero attached hydrogens (tertiary/aromatic N) is 3. The van der Waals surface area contributed by atoms with Crippen LogP contribution in [0.2, 0.25) is 0 Å². The molecule has 2 heterocycles. The Kier molecular flexibility index (Phi) is 7.02. The number of hydrogen-bond donors (Lipinski definition) is 2. The van der Waals surface area contributed by atoms with Crippen LogP contribution in [0.25, 0.3) is 11.4 Å². The Labute approximate surface area is 193 Å². The van der Waals surface area contributed by atoms with Crippen LogP contribution < -0.4 is 15.8 Å². The highest BCUT2D eigenvalue weighted by Gasteiger charge is 2.19. The SMILES string of the molecule is CC(C)c1ccc(-c2noc(CCC(=O)NNC(=O)CN3CCCc4ccccc43)n2)cc1. The monoisotopic (exact) mass is 447 g/mol. The third kappa shape index (κ3) is 5.77. The van der Waals surface area contributed by atoms with Crippen LogP contribution in [0.4, 0.5) is 5.69 Å². The molecule has 1 aliphatic heterocycles. The number of rotatable bonds is 7. The van der Waals surface area contributed by atoms with Gasteiger partial charge in [-0.3, -0.25) is 20.4 Å². The molecule has 2 aromatic carbocycles. The first-order chi connectivity index (χ1) is 16.0. The molecule has 0 aliphatic carbocycles. The Hall–Kier alpha value is -3.68. The molecule has 0 fully saturated rings. The predicted octanol–water partition coefficient (Wildman–Crippen LogP) is 3.39. The summed E-state index contributed by atoms with van der Waals surface area (Å²) < 4.78 is 5.27. The maximum atomic E-state index is 12.3. The molecule has 0 saturated heterocycles. The summed E-state index contributed by atoms with van der Waals surface area (Å²) in [7, 11) is 0. The van der Waals surface area contributed by atoms with Crippen LogP contribution in [0, 0.1) is 0 Å². The Morgan fingerprint density at radius 3 is 2.61 bits per heavy atom. The largest absolute Gasteiger partial charge is 0.362 e. The maximum Gasteiger partial charge on any atom is 0.257 e. The Bertz CT molecular complexity index is 1110. The third-order valence-electron chi connectivity index (χ3n) is 5.75. The quantitative estimate of drug-likeness (QED) is 0.539. The van der Waals surface area contributed by atoms with E-state index in [-0.39, 0.29) is 31.2 Å². The van der Waals surface area contributed by atoms with E-state index in [1.165, 1.54) is 11.1 Å². The summed E-state index contributed by atoms with van der Waals surface area (Å²) in [6.07, 6.45) is 2.44. The normalized spacial score (nSPS) is 13.0. The van der Waals surface area contributed by atoms with Crippen molar-refractivity contribution in [3.05, 3.63) is 65.5 Å². The second-order valence-electron chi connectivity index (χ2n) is 8.54. The second kappa shape index (κ2) is 10.3. The standard InChI is InChI=1S/C25H29N5O3/c1-17(2)18-9-11-20(12-10-18)25-26-24(33-29-25)14-13-22(31)27-28-23(32)16-30-15-5-7-19-6-3-4-8-21(19)30/h3-4,6,8-12,17H,5,7,13-16H2,1-2H3,(H,27,31)(H,28,32). The number of aromatic nitrogens is 2. The number of carbonyl (C=O) groups is 2. The summed E-state index contributed by atoms with van der Waals surface area (Å²) in [4.78, 5) is 30.9. The van der Waals surface area contributed by atoms with Crippen molar-refractivity contribution < 1.29 is 14.1 Å². The number of amides is 2. The fraction of sp³-hybridized carbons (Fsp3) is 0.360. The van der Waals surface area contributed by atoms with Crippen molar-refractivity contribution in [3.8, 4) is 11.4 Å². The van der Waals surface area contributed by atoms with Crippen LogP contribution in [0.15, 0.2) is 53.1 Å². The fourth-order valence-electron chi connectivity index (χ4n) is 3.90. The van der Waals surface area contributed by atoms with E-state index in [0.717, 1.165) is 30.6 Å². The lowest BCUT2D eigenvalue weighted by atomic mass is 10.0. The molecule has 2 amide bonds. The minimum absolute atomic E-state index is 0.126. The van der Waals surface area contributed by atoms with Gasteiger partial charge in [-0.2, -0.15) is 4.98 Å². The molecular formula is C25H29N5O3. The number of anilines is 1. The van der Waals surface area contributed by atoms with Gasteiger partial charge in [-0.15, -0.1) is 0 Å². The van der Waals surface area contributed by atoms with Crippen LogP contribution in [0.5, 0.6) is 0 Å². The van der Waals surface area contributed by atoms with Crippen LogP contribution in [0.3, 0.4) is 0 Å². The van der Waals surface area contributed by atoms with Crippen LogP contribution in [-0.2, 0) is 22.4 Å². The summed E-state index contributed by atoms with van der Waals surface area (Å²) in [5, 5.41) is 4.00. The molecule has 0 spiro atoms. The summed E-state index contributed by atoms with van der Waals surface area (Å²) in [6.45, 7) is 5.29. The maximum absolute atomic E-state index is 12.3. The molecule has 8 nitrogen and oxygen atoms in total. The second-order valence-corrected chi connectivity index (χ2v) is 8.54. The van der Waals surface area contributed by atoms with Crippen molar-refractivity contribution in [2.24, 2.45) is 0 Å². The number of carbonyl (C=O) groups excluding carboxylic acids is 2. The zero-order chi connectivity index (χ0) is 23.2. The van der Waals surface area contributed by atoms with E-state index in [0.29, 0.717) is 17.6 Å². The number of hydrogen-bond acceptors (Lipinski definition) is 6. The van der Waals surface area contributed by atoms with Gasteiger partial charge in [0.15, 0.2) is 0 Å². The summed E-state index contributed by atoms with van der Waals surface area (Å²) >= 11 is 0. The first-order valence-corrected chi connectivity index (χ1v) is 11.3. The fourth-order valence-corrected chi connectivity index (χ4v) is 3.90. The van der Waals surface area contributed by atoms with E-state index in [1.54, 1.807) is 0 Å². The van der Waals surface area contributed by atoms with E-state index in [9.17, 15) is 9.59 Å². The topological polar surface area (TPSA) is 100 Å². The van der Waals surface area contributed by atoms with E-state index in [4.69, 9.17) is 4.52 Å². The molecule has 0 bridgehead atoms. The lowest BCUT2D eigenvalue weighted by molar-refractivity contribution is -0.128. The van der Waals surface area contributed by atoms with Gasteiger partial charge in [-0.05, 0) is 36.0 Å². The van der Waals surface area contributed by atoms with E-state index < -0.39 is 0 Å². The molecule has 4 rings (SSSR count). The number of para-hydroxylation sites is 1. The van der Waals surface area contributed by atoms with Crippen LogP contribution in [0.1, 0.15) is 49.6 Å². The van der Waals surface area contributed by atoms with Crippen molar-refractivity contribution in [3.63, 3.8) is 0 Å². The minimum Gasteiger partial charge on any atom is -0.362 e. The lowest BCUT2D eigenvalue weighted by Gasteiger charge is -2.30. The molecular weight excluding hydrogens is 418 g/mol. The van der Waals surface area contributed by atoms with Crippen molar-refractivity contribution in [2.45, 2.75) is 45.4 Å². The van der Waals surface area contributed by atoms with Crippen molar-refractivity contribution in [1.82, 2.24) is 21.0 Å². The summed E-state index contributed by atoms with van der Waals surface area (Å²) in [6, 6.07) is 16.1. The molecule has 0 unspecified atom stereocenters. The van der Waals surface area contributed by atoms with Gasteiger partial charge in [-0.1, -0.05) is 61.5 Å². The van der Waals surface area contributed by atoms with Gasteiger partial charge in [0.25, 0.3) is 5.91 Å². The van der Waals surface area contributed by atoms with E-state index in [1.807, 2.05) is 35.2 Å². The number of hydrazine groups is 1. The molecule has 1 aromatic heterocycles. The molecule has 0 saturated carbocycles. The molecule has 0 atom stereocenters. The molecule has 172 valence electrons. The van der Waals surface area contributed by atoms with Gasteiger partial charge in [0.2, 0.25) is 17.6 Å². The number of nitrogens with one attached hydrogen (secondary N) is 2. The molecule has 3 aromatic rings. The Balaban J connectivity index is 1.22. The Morgan fingerprint density at radius 1 is 1.06 bits per heavy atom. The van der Waals surface area contributed by atoms with Gasteiger partial charge in [0, 0.05) is 30.6 Å². The highest BCUT2D eigenvalue weighted by atomic mass is 16.5. The zero-order valence-electron chi connectivity index (χ0n) is 19.0. The highest BCUT2D eigenvalue weighted by molar-refractivity contribution is 5.85. The molecule has 33 heavy (non-hydrogen) atoms. The summed E-state index contributed by atoms with van der Waals surface area (Å²) in [5.74, 6) is 0.753. The van der Waals surface area contributed by atoms with Crippen molar-refractivity contribution >= 4 is 17.5 Å². The first kappa shape index (κ1) is 22.5.